The molecule has 7 heteroatoms. The van der Waals surface area contributed by atoms with Gasteiger partial charge in [-0.1, -0.05) is 0 Å². The number of anilines is 2. The monoisotopic (exact) mass is 463 g/mol. The number of ether oxygens (including phenoxy) is 1. The smallest absolute Gasteiger partial charge is 0.250 e. The molecule has 1 heterocycles. The lowest BCUT2D eigenvalue weighted by molar-refractivity contribution is 0.100. The van der Waals surface area contributed by atoms with Gasteiger partial charge in [0.05, 0.1) is 35.9 Å². The lowest BCUT2D eigenvalue weighted by Gasteiger charge is -2.12. The fourth-order valence-electron chi connectivity index (χ4n) is 2.41. The highest BCUT2D eigenvalue weighted by Crippen LogP contribution is 2.27. The molecule has 0 spiro atoms. The van der Waals surface area contributed by atoms with E-state index in [2.05, 4.69) is 10.3 Å². The number of benzene rings is 2. The largest absolute Gasteiger partial charge is 0.497 e. The van der Waals surface area contributed by atoms with Crippen LogP contribution in [-0.4, -0.2) is 18.0 Å². The standard InChI is InChI=1S/C19H15FIN3O2/c1-26-13-5-2-11(3-6-13)17-9-14(19(22)25)18(10-23-17)24-16-7-4-12(21)8-15(16)20/h2-10,24H,1H3,(H2,22,25). The molecule has 0 saturated heterocycles. The van der Waals surface area contributed by atoms with Crippen LogP contribution in [0, 0.1) is 9.39 Å². The molecule has 3 rings (SSSR count). The Labute approximate surface area is 163 Å². The molecule has 0 saturated carbocycles. The first-order chi connectivity index (χ1) is 12.5. The van der Waals surface area contributed by atoms with E-state index in [0.29, 0.717) is 11.4 Å². The van der Waals surface area contributed by atoms with Crippen molar-refractivity contribution in [3.63, 3.8) is 0 Å². The SMILES string of the molecule is COc1ccc(-c2cc(C(N)=O)c(Nc3ccc(I)cc3F)cn2)cc1. The number of carbonyl (C=O) groups excluding carboxylic acids is 1. The van der Waals surface area contributed by atoms with Gasteiger partial charge >= 0.3 is 0 Å². The second-order valence-corrected chi connectivity index (χ2v) is 6.70. The number of carbonyl (C=O) groups is 1. The fraction of sp³-hybridized carbons (Fsp3) is 0.0526. The Hall–Kier alpha value is -2.68. The van der Waals surface area contributed by atoms with Crippen LogP contribution >= 0.6 is 22.6 Å². The summed E-state index contributed by atoms with van der Waals surface area (Å²) in [6, 6.07) is 13.6. The Kier molecular flexibility index (Phi) is 5.36. The Balaban J connectivity index is 1.97. The van der Waals surface area contributed by atoms with Gasteiger partial charge in [0.25, 0.3) is 5.91 Å². The van der Waals surface area contributed by atoms with E-state index < -0.39 is 11.7 Å². The van der Waals surface area contributed by atoms with Crippen molar-refractivity contribution < 1.29 is 13.9 Å². The molecule has 26 heavy (non-hydrogen) atoms. The third-order valence-electron chi connectivity index (χ3n) is 3.76. The van der Waals surface area contributed by atoms with Gasteiger partial charge in [0.15, 0.2) is 0 Å². The van der Waals surface area contributed by atoms with Crippen molar-refractivity contribution in [3.8, 4) is 17.0 Å². The van der Waals surface area contributed by atoms with Gasteiger partial charge in [0, 0.05) is 9.13 Å². The van der Waals surface area contributed by atoms with Gasteiger partial charge in [-0.05, 0) is 71.1 Å². The first-order valence-corrected chi connectivity index (χ1v) is 8.72. The average Bonchev–Trinajstić information content (AvgIpc) is 2.64. The van der Waals surface area contributed by atoms with E-state index in [1.54, 1.807) is 37.4 Å². The van der Waals surface area contributed by atoms with Gasteiger partial charge in [-0.2, -0.15) is 0 Å². The lowest BCUT2D eigenvalue weighted by atomic mass is 10.1. The molecule has 0 aliphatic heterocycles. The van der Waals surface area contributed by atoms with Gasteiger partial charge in [-0.25, -0.2) is 4.39 Å². The molecule has 2 aromatic carbocycles. The topological polar surface area (TPSA) is 77.2 Å². The van der Waals surface area contributed by atoms with Crippen molar-refractivity contribution in [3.05, 3.63) is 69.7 Å². The number of primary amides is 1. The molecule has 0 radical (unpaired) electrons. The van der Waals surface area contributed by atoms with Gasteiger partial charge in [0.1, 0.15) is 11.6 Å². The third-order valence-corrected chi connectivity index (χ3v) is 4.43. The second kappa shape index (κ2) is 7.69. The summed E-state index contributed by atoms with van der Waals surface area (Å²) in [5.74, 6) is -0.335. The molecule has 132 valence electrons. The van der Waals surface area contributed by atoms with Crippen LogP contribution in [-0.2, 0) is 0 Å². The van der Waals surface area contributed by atoms with Crippen LogP contribution in [0.25, 0.3) is 11.3 Å². The molecular weight excluding hydrogens is 448 g/mol. The van der Waals surface area contributed by atoms with E-state index in [4.69, 9.17) is 10.5 Å². The number of nitrogens with one attached hydrogen (secondary N) is 1. The fourth-order valence-corrected chi connectivity index (χ4v) is 2.87. The van der Waals surface area contributed by atoms with Crippen LogP contribution in [0.4, 0.5) is 15.8 Å². The number of pyridine rings is 1. The third kappa shape index (κ3) is 3.93. The van der Waals surface area contributed by atoms with Gasteiger partial charge in [0.2, 0.25) is 0 Å². The first-order valence-electron chi connectivity index (χ1n) is 7.64. The molecule has 0 fully saturated rings. The number of rotatable bonds is 5. The Morgan fingerprint density at radius 3 is 2.50 bits per heavy atom. The van der Waals surface area contributed by atoms with Crippen molar-refractivity contribution in [2.45, 2.75) is 0 Å². The summed E-state index contributed by atoms with van der Waals surface area (Å²) < 4.78 is 20.0. The number of hydrogen-bond donors (Lipinski definition) is 2. The average molecular weight is 463 g/mol. The normalized spacial score (nSPS) is 10.4. The first kappa shape index (κ1) is 18.1. The Bertz CT molecular complexity index is 961. The van der Waals surface area contributed by atoms with E-state index >= 15 is 0 Å². The van der Waals surface area contributed by atoms with E-state index in [1.165, 1.54) is 12.3 Å². The molecule has 3 N–H and O–H groups in total. The predicted octanol–water partition coefficient (Wildman–Crippen LogP) is 4.34. The minimum Gasteiger partial charge on any atom is -0.497 e. The number of hydrogen-bond acceptors (Lipinski definition) is 4. The minimum absolute atomic E-state index is 0.226. The maximum atomic E-state index is 14.1. The Morgan fingerprint density at radius 2 is 1.88 bits per heavy atom. The summed E-state index contributed by atoms with van der Waals surface area (Å²) in [5, 5.41) is 2.88. The summed E-state index contributed by atoms with van der Waals surface area (Å²) in [6.07, 6.45) is 1.47. The van der Waals surface area contributed by atoms with Crippen LogP contribution < -0.4 is 15.8 Å². The molecule has 0 unspecified atom stereocenters. The van der Waals surface area contributed by atoms with Crippen LogP contribution in [0.1, 0.15) is 10.4 Å². The number of methoxy groups -OCH3 is 1. The lowest BCUT2D eigenvalue weighted by Crippen LogP contribution is -2.14. The van der Waals surface area contributed by atoms with Crippen LogP contribution in [0.3, 0.4) is 0 Å². The van der Waals surface area contributed by atoms with Crippen molar-refractivity contribution in [2.75, 3.05) is 12.4 Å². The highest BCUT2D eigenvalue weighted by atomic mass is 127. The maximum Gasteiger partial charge on any atom is 0.250 e. The van der Waals surface area contributed by atoms with Gasteiger partial charge in [-0.3, -0.25) is 9.78 Å². The van der Waals surface area contributed by atoms with E-state index in [-0.39, 0.29) is 11.3 Å². The van der Waals surface area contributed by atoms with Crippen LogP contribution in [0.5, 0.6) is 5.75 Å². The van der Waals surface area contributed by atoms with Crippen LogP contribution in [0.15, 0.2) is 54.7 Å². The van der Waals surface area contributed by atoms with Crippen molar-refractivity contribution >= 4 is 39.9 Å². The van der Waals surface area contributed by atoms with Gasteiger partial charge in [-0.15, -0.1) is 0 Å². The maximum absolute atomic E-state index is 14.1. The molecule has 5 nitrogen and oxygen atoms in total. The summed E-state index contributed by atoms with van der Waals surface area (Å²) in [5.41, 5.74) is 7.70. The predicted molar refractivity (Wildman–Crippen MR) is 107 cm³/mol. The molecule has 1 amide bonds. The molecule has 0 aliphatic carbocycles. The zero-order valence-electron chi connectivity index (χ0n) is 13.8. The zero-order chi connectivity index (χ0) is 18.7. The summed E-state index contributed by atoms with van der Waals surface area (Å²) in [4.78, 5) is 16.2. The highest BCUT2D eigenvalue weighted by molar-refractivity contribution is 14.1. The van der Waals surface area contributed by atoms with Crippen molar-refractivity contribution in [1.29, 1.82) is 0 Å². The second-order valence-electron chi connectivity index (χ2n) is 5.46. The highest BCUT2D eigenvalue weighted by Gasteiger charge is 2.13. The molecule has 0 aliphatic rings. The quantitative estimate of drug-likeness (QED) is 0.552. The van der Waals surface area contributed by atoms with E-state index in [1.807, 2.05) is 34.7 Å². The number of halogens is 2. The molecule has 3 aromatic rings. The number of nitrogens with two attached hydrogens (primary N) is 1. The van der Waals surface area contributed by atoms with Crippen molar-refractivity contribution in [2.24, 2.45) is 5.73 Å². The summed E-state index contributed by atoms with van der Waals surface area (Å²) in [7, 11) is 1.59. The van der Waals surface area contributed by atoms with Crippen LogP contribution in [0.2, 0.25) is 0 Å². The minimum atomic E-state index is -0.629. The Morgan fingerprint density at radius 1 is 1.15 bits per heavy atom. The molecule has 0 bridgehead atoms. The van der Waals surface area contributed by atoms with Crippen molar-refractivity contribution in [1.82, 2.24) is 4.98 Å². The summed E-state index contributed by atoms with van der Waals surface area (Å²) in [6.45, 7) is 0. The molecular formula is C19H15FIN3O2. The molecule has 1 aromatic heterocycles. The summed E-state index contributed by atoms with van der Waals surface area (Å²) >= 11 is 2.02. The van der Waals surface area contributed by atoms with E-state index in [9.17, 15) is 9.18 Å². The van der Waals surface area contributed by atoms with Gasteiger partial charge < -0.3 is 15.8 Å². The number of aromatic nitrogens is 1. The number of amides is 1. The van der Waals surface area contributed by atoms with E-state index in [0.717, 1.165) is 14.9 Å². The molecule has 0 atom stereocenters. The number of nitrogens with zero attached hydrogens (tertiary/aromatic N) is 1. The zero-order valence-corrected chi connectivity index (χ0v) is 16.0.